The van der Waals surface area contributed by atoms with Gasteiger partial charge < -0.3 is 14.8 Å². The molecule has 0 unspecified atom stereocenters. The average Bonchev–Trinajstić information content (AvgIpc) is 2.14. The first-order valence-corrected chi connectivity index (χ1v) is 5.61. The van der Waals surface area contributed by atoms with Crippen molar-refractivity contribution in [3.8, 4) is 0 Å². The summed E-state index contributed by atoms with van der Waals surface area (Å²) < 4.78 is 9.78. The third kappa shape index (κ3) is 10.9. The normalized spacial score (nSPS) is 11.5. The lowest BCUT2D eigenvalue weighted by Crippen LogP contribution is -2.31. The molecule has 5 nitrogen and oxygen atoms in total. The zero-order chi connectivity index (χ0) is 13.3. The Morgan fingerprint density at radius 2 is 1.94 bits per heavy atom. The van der Waals surface area contributed by atoms with Crippen molar-refractivity contribution in [2.24, 2.45) is 0 Å². The number of esters is 2. The number of hydrogen-bond donors (Lipinski definition) is 1. The fraction of sp³-hybridized carbons (Fsp3) is 0.667. The maximum atomic E-state index is 11.3. The molecule has 0 saturated heterocycles. The molecular formula is C12H21NO4. The van der Waals surface area contributed by atoms with Gasteiger partial charge >= 0.3 is 11.9 Å². The van der Waals surface area contributed by atoms with Gasteiger partial charge in [0.1, 0.15) is 5.60 Å². The summed E-state index contributed by atoms with van der Waals surface area (Å²) in [6.07, 6.45) is 2.92. The lowest BCUT2D eigenvalue weighted by atomic mass is 10.2. The summed E-state index contributed by atoms with van der Waals surface area (Å²) in [6.45, 7) is 8.06. The van der Waals surface area contributed by atoms with Crippen molar-refractivity contribution in [3.05, 3.63) is 12.2 Å². The Balaban J connectivity index is 3.64. The Hall–Kier alpha value is -1.36. The molecule has 0 rings (SSSR count). The summed E-state index contributed by atoms with van der Waals surface area (Å²) in [5.41, 5.74) is -0.473. The number of carbonyl (C=O) groups excluding carboxylic acids is 2. The Morgan fingerprint density at radius 3 is 2.47 bits per heavy atom. The number of ether oxygens (including phenoxy) is 2. The third-order valence-electron chi connectivity index (χ3n) is 1.49. The summed E-state index contributed by atoms with van der Waals surface area (Å²) in [5, 5.41) is 2.84. The summed E-state index contributed by atoms with van der Waals surface area (Å²) >= 11 is 0. The van der Waals surface area contributed by atoms with E-state index in [1.54, 1.807) is 13.0 Å². The highest BCUT2D eigenvalue weighted by atomic mass is 16.6. The lowest BCUT2D eigenvalue weighted by Gasteiger charge is -2.19. The van der Waals surface area contributed by atoms with E-state index in [-0.39, 0.29) is 18.5 Å². The van der Waals surface area contributed by atoms with Crippen molar-refractivity contribution in [3.63, 3.8) is 0 Å². The highest BCUT2D eigenvalue weighted by molar-refractivity contribution is 5.81. The van der Waals surface area contributed by atoms with Crippen LogP contribution in [0, 0.1) is 0 Å². The monoisotopic (exact) mass is 243 g/mol. The second kappa shape index (κ2) is 7.84. The van der Waals surface area contributed by atoms with Crippen molar-refractivity contribution >= 4 is 11.9 Å². The standard InChI is InChI=1S/C12H21NO4/c1-5-16-10(14)7-6-8-13-9-11(15)17-12(2,3)4/h6-7,13H,5,8-9H2,1-4H3. The molecule has 5 heteroatoms. The number of carbonyl (C=O) groups is 2. The van der Waals surface area contributed by atoms with Gasteiger partial charge in [0.2, 0.25) is 0 Å². The van der Waals surface area contributed by atoms with E-state index < -0.39 is 5.60 Å². The van der Waals surface area contributed by atoms with E-state index in [9.17, 15) is 9.59 Å². The van der Waals surface area contributed by atoms with E-state index in [4.69, 9.17) is 9.47 Å². The molecule has 0 radical (unpaired) electrons. The smallest absolute Gasteiger partial charge is 0.330 e. The molecule has 0 heterocycles. The number of nitrogens with one attached hydrogen (secondary N) is 1. The summed E-state index contributed by atoms with van der Waals surface area (Å²) in [7, 11) is 0. The SMILES string of the molecule is CCOC(=O)C=CCNCC(=O)OC(C)(C)C. The first-order valence-electron chi connectivity index (χ1n) is 5.61. The molecule has 0 aliphatic carbocycles. The molecule has 1 N–H and O–H groups in total. The molecule has 0 saturated carbocycles. The molecule has 17 heavy (non-hydrogen) atoms. The lowest BCUT2D eigenvalue weighted by molar-refractivity contribution is -0.153. The average molecular weight is 243 g/mol. The van der Waals surface area contributed by atoms with Crippen LogP contribution in [-0.2, 0) is 19.1 Å². The highest BCUT2D eigenvalue weighted by Crippen LogP contribution is 2.05. The van der Waals surface area contributed by atoms with Gasteiger partial charge in [-0.2, -0.15) is 0 Å². The van der Waals surface area contributed by atoms with Crippen LogP contribution in [0.5, 0.6) is 0 Å². The first kappa shape index (κ1) is 15.6. The predicted octanol–water partition coefficient (Wildman–Crippen LogP) is 1.04. The zero-order valence-corrected chi connectivity index (χ0v) is 10.9. The molecule has 0 atom stereocenters. The van der Waals surface area contributed by atoms with Crippen LogP contribution in [0.25, 0.3) is 0 Å². The predicted molar refractivity (Wildman–Crippen MR) is 64.5 cm³/mol. The minimum absolute atomic E-state index is 0.116. The van der Waals surface area contributed by atoms with Crippen LogP contribution in [-0.4, -0.2) is 37.2 Å². The molecule has 0 aliphatic rings. The van der Waals surface area contributed by atoms with Crippen molar-refractivity contribution in [2.45, 2.75) is 33.3 Å². The Kier molecular flexibility index (Phi) is 7.21. The van der Waals surface area contributed by atoms with Crippen LogP contribution in [0.1, 0.15) is 27.7 Å². The minimum Gasteiger partial charge on any atom is -0.463 e. The van der Waals surface area contributed by atoms with Gasteiger partial charge in [0.15, 0.2) is 0 Å². The van der Waals surface area contributed by atoms with E-state index in [0.717, 1.165) is 0 Å². The van der Waals surface area contributed by atoms with Crippen LogP contribution in [0.15, 0.2) is 12.2 Å². The fourth-order valence-electron chi connectivity index (χ4n) is 0.981. The molecule has 0 aromatic carbocycles. The van der Waals surface area contributed by atoms with Gasteiger partial charge in [-0.1, -0.05) is 6.08 Å². The van der Waals surface area contributed by atoms with Gasteiger partial charge in [-0.05, 0) is 27.7 Å². The van der Waals surface area contributed by atoms with Crippen LogP contribution in [0.2, 0.25) is 0 Å². The zero-order valence-electron chi connectivity index (χ0n) is 10.9. The summed E-state index contributed by atoms with van der Waals surface area (Å²) in [4.78, 5) is 22.2. The number of rotatable bonds is 6. The molecule has 0 amide bonds. The molecule has 0 spiro atoms. The van der Waals surface area contributed by atoms with Crippen molar-refractivity contribution < 1.29 is 19.1 Å². The largest absolute Gasteiger partial charge is 0.463 e. The number of hydrogen-bond acceptors (Lipinski definition) is 5. The van der Waals surface area contributed by atoms with E-state index in [1.807, 2.05) is 20.8 Å². The maximum absolute atomic E-state index is 11.3. The molecule has 0 fully saturated rings. The fourth-order valence-corrected chi connectivity index (χ4v) is 0.981. The molecular weight excluding hydrogens is 222 g/mol. The van der Waals surface area contributed by atoms with Crippen LogP contribution in [0.4, 0.5) is 0 Å². The topological polar surface area (TPSA) is 64.6 Å². The molecule has 0 bridgehead atoms. The van der Waals surface area contributed by atoms with Gasteiger partial charge in [0, 0.05) is 12.6 Å². The molecule has 0 aromatic heterocycles. The quantitative estimate of drug-likeness (QED) is 0.429. The first-order chi connectivity index (χ1) is 7.85. The Labute approximate surface area is 102 Å². The summed E-state index contributed by atoms with van der Waals surface area (Å²) in [5.74, 6) is -0.700. The third-order valence-corrected chi connectivity index (χ3v) is 1.49. The Morgan fingerprint density at radius 1 is 1.29 bits per heavy atom. The molecule has 98 valence electrons. The van der Waals surface area contributed by atoms with Gasteiger partial charge in [-0.15, -0.1) is 0 Å². The van der Waals surface area contributed by atoms with Gasteiger partial charge in [-0.3, -0.25) is 4.79 Å². The highest BCUT2D eigenvalue weighted by Gasteiger charge is 2.15. The van der Waals surface area contributed by atoms with E-state index in [0.29, 0.717) is 13.2 Å². The van der Waals surface area contributed by atoms with Crippen LogP contribution in [0.3, 0.4) is 0 Å². The summed E-state index contributed by atoms with van der Waals surface area (Å²) in [6, 6.07) is 0. The van der Waals surface area contributed by atoms with Crippen molar-refractivity contribution in [1.82, 2.24) is 5.32 Å². The van der Waals surface area contributed by atoms with E-state index >= 15 is 0 Å². The van der Waals surface area contributed by atoms with Crippen LogP contribution >= 0.6 is 0 Å². The van der Waals surface area contributed by atoms with Crippen molar-refractivity contribution in [1.29, 1.82) is 0 Å². The van der Waals surface area contributed by atoms with E-state index in [2.05, 4.69) is 5.32 Å². The molecule has 0 aliphatic heterocycles. The second-order valence-corrected chi connectivity index (χ2v) is 4.37. The van der Waals surface area contributed by atoms with Gasteiger partial charge in [0.05, 0.1) is 13.2 Å². The van der Waals surface area contributed by atoms with Crippen LogP contribution < -0.4 is 5.32 Å². The van der Waals surface area contributed by atoms with Crippen molar-refractivity contribution in [2.75, 3.05) is 19.7 Å². The minimum atomic E-state index is -0.473. The molecule has 0 aromatic rings. The Bertz CT molecular complexity index is 279. The van der Waals surface area contributed by atoms with Gasteiger partial charge in [0.25, 0.3) is 0 Å². The van der Waals surface area contributed by atoms with Gasteiger partial charge in [-0.25, -0.2) is 4.79 Å². The maximum Gasteiger partial charge on any atom is 0.330 e. The van der Waals surface area contributed by atoms with E-state index in [1.165, 1.54) is 6.08 Å². The second-order valence-electron chi connectivity index (χ2n) is 4.37.